The van der Waals surface area contributed by atoms with E-state index in [1.807, 2.05) is 99.6 Å². The zero-order valence-electron chi connectivity index (χ0n) is 80.9. The van der Waals surface area contributed by atoms with Crippen molar-refractivity contribution in [1.29, 1.82) is 0 Å². The molecule has 736 valence electrons. The molecule has 0 radical (unpaired) electrons. The highest BCUT2D eigenvalue weighted by atomic mass is 16.6. The predicted molar refractivity (Wildman–Crippen MR) is 483 cm³/mol. The average molecular weight is 1840 g/mol. The summed E-state index contributed by atoms with van der Waals surface area (Å²) in [4.78, 5) is 175. The van der Waals surface area contributed by atoms with Gasteiger partial charge in [-0.3, -0.25) is 0 Å². The second-order valence-corrected chi connectivity index (χ2v) is 35.2. The van der Waals surface area contributed by atoms with Crippen LogP contribution in [0.2, 0.25) is 0 Å². The van der Waals surface area contributed by atoms with Crippen LogP contribution in [0.15, 0.2) is 91.1 Å². The molecule has 1 aromatic carbocycles. The Balaban J connectivity index is 0.00000160. The minimum Gasteiger partial charge on any atom is -0.460 e. The van der Waals surface area contributed by atoms with Gasteiger partial charge in [-0.25, -0.2) is 71.9 Å². The van der Waals surface area contributed by atoms with E-state index < -0.39 is 108 Å². The van der Waals surface area contributed by atoms with Crippen molar-refractivity contribution in [2.75, 3.05) is 39.6 Å². The van der Waals surface area contributed by atoms with Gasteiger partial charge in [0.05, 0.1) is 67.3 Å². The van der Waals surface area contributed by atoms with Crippen LogP contribution in [-0.2, 0) is 126 Å². The van der Waals surface area contributed by atoms with Crippen LogP contribution < -0.4 is 26.6 Å². The van der Waals surface area contributed by atoms with Gasteiger partial charge in [-0.15, -0.1) is 0 Å². The SMILES string of the molecule is CC(C)OC(=O)/C=C/C(=O)OC[C@H](NC(=O)OC(C)(C)C)C(C)C.CC(C)OC(=O)/C=C/C(=O)OC[C@H](NC(=O)OC1CCCCC1)C(C)C.CC(C)OC(=O)/C=C/C(=O)OC[C@H](NC(=O)OC1CCCCC1)C(C)C.CC(C)OC(=O)/C=C/C(=O)OC[C@H](NC(=O)OCC1CCCCC1)C(C)C.CC(C)OC(=O)/C=C/C(=O)OC[C@H](NC(=O)OCc1ccccc1)C(C)C. The number of rotatable bonds is 41. The third-order valence-corrected chi connectivity index (χ3v) is 18.5. The largest absolute Gasteiger partial charge is 0.460 e. The summed E-state index contributed by atoms with van der Waals surface area (Å²) in [5.74, 6) is -5.80. The van der Waals surface area contributed by atoms with Crippen LogP contribution in [-0.4, -0.2) is 208 Å². The third-order valence-electron chi connectivity index (χ3n) is 18.5. The molecule has 4 rings (SSSR count). The van der Waals surface area contributed by atoms with Gasteiger partial charge in [0.25, 0.3) is 0 Å². The van der Waals surface area contributed by atoms with Gasteiger partial charge in [0.2, 0.25) is 0 Å². The highest BCUT2D eigenvalue weighted by Crippen LogP contribution is 2.25. The summed E-state index contributed by atoms with van der Waals surface area (Å²) < 4.78 is 76.4. The molecule has 0 saturated heterocycles. The van der Waals surface area contributed by atoms with Gasteiger partial charge in [0.1, 0.15) is 57.5 Å². The van der Waals surface area contributed by atoms with E-state index in [1.165, 1.54) is 32.1 Å². The van der Waals surface area contributed by atoms with Crippen molar-refractivity contribution in [3.8, 4) is 0 Å². The Morgan fingerprint density at radius 3 is 0.769 bits per heavy atom. The number of hydrogen-bond donors (Lipinski definition) is 5. The van der Waals surface area contributed by atoms with Crippen molar-refractivity contribution in [2.45, 2.75) is 341 Å². The molecule has 0 heterocycles. The second kappa shape index (κ2) is 68.1. The Hall–Kier alpha value is -11.0. The van der Waals surface area contributed by atoms with E-state index in [4.69, 9.17) is 71.1 Å². The van der Waals surface area contributed by atoms with Gasteiger partial charge >= 0.3 is 90.2 Å². The third kappa shape index (κ3) is 66.4. The molecule has 5 amide bonds. The number of esters is 10. The molecule has 3 aliphatic rings. The fraction of sp³-hybridized carbons (Fsp3) is 0.674. The van der Waals surface area contributed by atoms with Gasteiger partial charge in [-0.2, -0.15) is 0 Å². The number of benzene rings is 1. The molecule has 0 aliphatic heterocycles. The van der Waals surface area contributed by atoms with Crippen molar-refractivity contribution < 1.29 is 143 Å². The van der Waals surface area contributed by atoms with E-state index >= 15 is 0 Å². The lowest BCUT2D eigenvalue weighted by Crippen LogP contribution is -2.44. The van der Waals surface area contributed by atoms with E-state index in [9.17, 15) is 71.9 Å². The number of carbonyl (C=O) groups is 15. The van der Waals surface area contributed by atoms with E-state index in [2.05, 4.69) is 26.6 Å². The normalized spacial score (nSPS) is 14.9. The van der Waals surface area contributed by atoms with Crippen LogP contribution >= 0.6 is 0 Å². The Morgan fingerprint density at radius 2 is 0.523 bits per heavy atom. The Morgan fingerprint density at radius 1 is 0.292 bits per heavy atom. The maximum Gasteiger partial charge on any atom is 0.407 e. The molecule has 35 nitrogen and oxygen atoms in total. The number of alkyl carbamates (subject to hydrolysis) is 5. The number of carbonyl (C=O) groups excluding carboxylic acids is 15. The topological polar surface area (TPSA) is 455 Å². The van der Waals surface area contributed by atoms with E-state index in [0.29, 0.717) is 12.5 Å². The number of nitrogens with one attached hydrogen (secondary N) is 5. The van der Waals surface area contributed by atoms with Crippen LogP contribution in [0.1, 0.15) is 261 Å². The van der Waals surface area contributed by atoms with Crippen LogP contribution in [0.3, 0.4) is 0 Å². The number of amides is 5. The van der Waals surface area contributed by atoms with E-state index in [-0.39, 0.29) is 130 Å². The smallest absolute Gasteiger partial charge is 0.407 e. The lowest BCUT2D eigenvalue weighted by molar-refractivity contribution is -0.143. The van der Waals surface area contributed by atoms with E-state index in [0.717, 1.165) is 131 Å². The molecule has 130 heavy (non-hydrogen) atoms. The monoisotopic (exact) mass is 1840 g/mol. The molecule has 1 aromatic rings. The summed E-state index contributed by atoms with van der Waals surface area (Å²) in [6.07, 6.45) is 22.2. The minimum absolute atomic E-state index is 0.000164. The van der Waals surface area contributed by atoms with Crippen molar-refractivity contribution in [3.63, 3.8) is 0 Å². The average Bonchev–Trinajstić information content (AvgIpc) is 0.878. The van der Waals surface area contributed by atoms with Gasteiger partial charge < -0.3 is 97.6 Å². The van der Waals surface area contributed by atoms with Gasteiger partial charge in [0.15, 0.2) is 0 Å². The Labute approximate surface area is 768 Å². The maximum absolute atomic E-state index is 12.0. The first-order valence-electron chi connectivity index (χ1n) is 45.1. The van der Waals surface area contributed by atoms with Crippen LogP contribution in [0.25, 0.3) is 0 Å². The Kier molecular flexibility index (Phi) is 62.3. The zero-order chi connectivity index (χ0) is 98.4. The molecule has 3 fully saturated rings. The molecule has 3 saturated carbocycles. The first kappa shape index (κ1) is 119. The quantitative estimate of drug-likeness (QED) is 0.0231. The van der Waals surface area contributed by atoms with Gasteiger partial charge in [-0.05, 0) is 195 Å². The fourth-order valence-electron chi connectivity index (χ4n) is 11.3. The van der Waals surface area contributed by atoms with Crippen LogP contribution in [0, 0.1) is 35.5 Å². The molecule has 0 unspecified atom stereocenters. The summed E-state index contributed by atoms with van der Waals surface area (Å²) >= 11 is 0. The maximum atomic E-state index is 12.0. The predicted octanol–water partition coefficient (Wildman–Crippen LogP) is 15.2. The Bertz CT molecular complexity index is 3600. The van der Waals surface area contributed by atoms with E-state index in [1.54, 1.807) is 90.0 Å². The van der Waals surface area contributed by atoms with Crippen molar-refractivity contribution in [3.05, 3.63) is 96.7 Å². The lowest BCUT2D eigenvalue weighted by Gasteiger charge is -2.25. The summed E-state index contributed by atoms with van der Waals surface area (Å²) in [6.45, 7) is 41.9. The van der Waals surface area contributed by atoms with Crippen LogP contribution in [0.5, 0.6) is 0 Å². The first-order chi connectivity index (χ1) is 61.0. The number of hydrogen-bond acceptors (Lipinski definition) is 30. The first-order valence-corrected chi connectivity index (χ1v) is 45.1. The van der Waals surface area contributed by atoms with Gasteiger partial charge in [0, 0.05) is 60.8 Å². The standard InChI is InChI=1S/C20H33NO6.C20H27NO6.2C19H31NO6.C17H29NO6/c2*1-14(2)17(13-25-18(22)10-11-19(23)27-15(3)4)21-20(24)26-12-16-8-6-5-7-9-16;2*1-13(2)16(20-19(23)26-15-8-6-5-7-9-15)12-24-17(21)10-11-18(22)25-14(3)4;1-11(2)13(18-16(21)24-17(5,6)7)10-22-14(19)8-9-15(20)23-12(3)4/h10-11,14-17H,5-9,12-13H2,1-4H3,(H,21,24);5-11,14-15,17H,12-13H2,1-4H3,(H,21,24);2*10-11,13-16H,5-9,12H2,1-4H3,(H,20,23);8-9,11-13H,10H2,1-7H3,(H,18,21)/b4*11-10+;9-8+/t2*17-;2*16-;13-/m00000/s1. The minimum atomic E-state index is -0.694. The molecule has 5 atom stereocenters. The summed E-state index contributed by atoms with van der Waals surface area (Å²) in [5.41, 5.74) is 0.264. The molecule has 3 aliphatic carbocycles. The molecule has 0 aromatic heterocycles. The molecule has 0 spiro atoms. The summed E-state index contributed by atoms with van der Waals surface area (Å²) in [5, 5.41) is 13.6. The highest BCUT2D eigenvalue weighted by molar-refractivity contribution is 5.94. The lowest BCUT2D eigenvalue weighted by atomic mass is 9.90. The summed E-state index contributed by atoms with van der Waals surface area (Å²) in [6, 6.07) is 7.37. The molecular formula is C95H151N5O30. The fourth-order valence-corrected chi connectivity index (χ4v) is 11.3. The molecule has 35 heteroatoms. The van der Waals surface area contributed by atoms with Gasteiger partial charge in [-0.1, -0.05) is 132 Å². The molecular weight excluding hydrogens is 1690 g/mol. The van der Waals surface area contributed by atoms with Crippen LogP contribution in [0.4, 0.5) is 24.0 Å². The highest BCUT2D eigenvalue weighted by Gasteiger charge is 2.29. The molecule has 5 N–H and O–H groups in total. The zero-order valence-corrected chi connectivity index (χ0v) is 80.9. The molecule has 0 bridgehead atoms. The summed E-state index contributed by atoms with van der Waals surface area (Å²) in [7, 11) is 0. The van der Waals surface area contributed by atoms with Crippen molar-refractivity contribution in [2.24, 2.45) is 35.5 Å². The van der Waals surface area contributed by atoms with Crippen molar-refractivity contribution in [1.82, 2.24) is 26.6 Å². The second-order valence-electron chi connectivity index (χ2n) is 35.2. The van der Waals surface area contributed by atoms with Crippen molar-refractivity contribution >= 4 is 90.2 Å². The number of ether oxygens (including phenoxy) is 15.